The number of allylic oxidation sites excluding steroid dienone is 12. The Balaban J connectivity index is 4.45. The number of ether oxygens (including phenoxy) is 3. The first-order valence-corrected chi connectivity index (χ1v) is 23.5. The summed E-state index contributed by atoms with van der Waals surface area (Å²) in [4.78, 5) is 37.8. The van der Waals surface area contributed by atoms with Crippen LogP contribution in [0.5, 0.6) is 0 Å². The van der Waals surface area contributed by atoms with Crippen LogP contribution < -0.4 is 0 Å². The first kappa shape index (κ1) is 53.9. The molecule has 326 valence electrons. The fourth-order valence-electron chi connectivity index (χ4n) is 6.28. The molecule has 0 saturated heterocycles. The van der Waals surface area contributed by atoms with Crippen LogP contribution >= 0.6 is 0 Å². The highest BCUT2D eigenvalue weighted by Gasteiger charge is 2.19. The lowest BCUT2D eigenvalue weighted by atomic mass is 10.0. The molecule has 0 N–H and O–H groups in total. The molecule has 57 heavy (non-hydrogen) atoms. The average Bonchev–Trinajstić information content (AvgIpc) is 3.21. The number of unbranched alkanes of at least 4 members (excludes halogenated alkanes) is 20. The molecule has 0 saturated carbocycles. The summed E-state index contributed by atoms with van der Waals surface area (Å²) in [6, 6.07) is 0. The van der Waals surface area contributed by atoms with Gasteiger partial charge in [0, 0.05) is 19.3 Å². The summed E-state index contributed by atoms with van der Waals surface area (Å²) in [6.07, 6.45) is 56.0. The minimum absolute atomic E-state index is 0.0951. The molecule has 0 radical (unpaired) electrons. The van der Waals surface area contributed by atoms with Gasteiger partial charge >= 0.3 is 17.9 Å². The molecule has 0 aliphatic heterocycles. The highest BCUT2D eigenvalue weighted by Crippen LogP contribution is 2.14. The molecule has 0 fully saturated rings. The van der Waals surface area contributed by atoms with Gasteiger partial charge in [-0.1, -0.05) is 196 Å². The summed E-state index contributed by atoms with van der Waals surface area (Å²) in [5.41, 5.74) is 0. The van der Waals surface area contributed by atoms with Gasteiger partial charge in [0.25, 0.3) is 0 Å². The van der Waals surface area contributed by atoms with Crippen molar-refractivity contribution in [1.29, 1.82) is 0 Å². The fourth-order valence-corrected chi connectivity index (χ4v) is 6.28. The molecule has 0 amide bonds. The van der Waals surface area contributed by atoms with E-state index < -0.39 is 6.10 Å². The third-order valence-electron chi connectivity index (χ3n) is 9.77. The van der Waals surface area contributed by atoms with E-state index >= 15 is 0 Å². The summed E-state index contributed by atoms with van der Waals surface area (Å²) >= 11 is 0. The Hall–Kier alpha value is -3.15. The lowest BCUT2D eigenvalue weighted by molar-refractivity contribution is -0.167. The summed E-state index contributed by atoms with van der Waals surface area (Å²) in [6.45, 7) is 6.32. The second-order valence-corrected chi connectivity index (χ2v) is 15.3. The fraction of sp³-hybridized carbons (Fsp3) is 0.706. The van der Waals surface area contributed by atoms with Crippen molar-refractivity contribution < 1.29 is 28.6 Å². The van der Waals surface area contributed by atoms with Crippen LogP contribution in [0.2, 0.25) is 0 Å². The Bertz CT molecular complexity index is 1100. The molecule has 0 aliphatic carbocycles. The molecule has 1 unspecified atom stereocenters. The zero-order chi connectivity index (χ0) is 41.5. The van der Waals surface area contributed by atoms with E-state index in [1.165, 1.54) is 70.6 Å². The van der Waals surface area contributed by atoms with Gasteiger partial charge in [-0.15, -0.1) is 0 Å². The van der Waals surface area contributed by atoms with Gasteiger partial charge in [-0.2, -0.15) is 0 Å². The number of hydrogen-bond donors (Lipinski definition) is 0. The van der Waals surface area contributed by atoms with Gasteiger partial charge < -0.3 is 14.2 Å². The van der Waals surface area contributed by atoms with Crippen LogP contribution in [0.1, 0.15) is 213 Å². The lowest BCUT2D eigenvalue weighted by Gasteiger charge is -2.18. The van der Waals surface area contributed by atoms with Crippen molar-refractivity contribution in [1.82, 2.24) is 0 Å². The molecule has 0 rings (SSSR count). The lowest BCUT2D eigenvalue weighted by Crippen LogP contribution is -2.30. The standard InChI is InChI=1S/C51H86O6/c1-4-7-10-13-16-19-22-25-27-29-32-35-38-41-44-50(53)56-47-48(46-55-49(52)43-40-37-34-31-28-24-21-18-15-12-9-6-3)57-51(54)45-42-39-36-33-30-26-23-20-17-14-11-8-5-2/h8-9,11-12,14,17-18,20-21,23,28,31,48H,4-7,10,13,15-16,19,22,24-27,29-30,32-47H2,1-3H3/b11-8-,12-9-,17-14-,21-18-,23-20-,31-28-. The van der Waals surface area contributed by atoms with Crippen LogP contribution in [0.15, 0.2) is 72.9 Å². The third kappa shape index (κ3) is 43.8. The van der Waals surface area contributed by atoms with Crippen molar-refractivity contribution in [2.45, 2.75) is 219 Å². The van der Waals surface area contributed by atoms with E-state index in [1.807, 2.05) is 0 Å². The molecule has 0 aromatic heterocycles. The number of hydrogen-bond acceptors (Lipinski definition) is 6. The minimum atomic E-state index is -0.798. The van der Waals surface area contributed by atoms with Gasteiger partial charge in [0.1, 0.15) is 13.2 Å². The zero-order valence-corrected chi connectivity index (χ0v) is 37.1. The highest BCUT2D eigenvalue weighted by atomic mass is 16.6. The Labute approximate surface area is 351 Å². The van der Waals surface area contributed by atoms with Crippen LogP contribution in [0.4, 0.5) is 0 Å². The van der Waals surface area contributed by atoms with E-state index in [0.717, 1.165) is 103 Å². The maximum Gasteiger partial charge on any atom is 0.306 e. The predicted molar refractivity (Wildman–Crippen MR) is 242 cm³/mol. The monoisotopic (exact) mass is 795 g/mol. The van der Waals surface area contributed by atoms with Gasteiger partial charge in [0.05, 0.1) is 0 Å². The van der Waals surface area contributed by atoms with Gasteiger partial charge in [-0.05, 0) is 70.6 Å². The molecule has 1 atom stereocenters. The van der Waals surface area contributed by atoms with Gasteiger partial charge in [-0.3, -0.25) is 14.4 Å². The minimum Gasteiger partial charge on any atom is -0.462 e. The number of carbonyl (C=O) groups is 3. The van der Waals surface area contributed by atoms with Crippen molar-refractivity contribution in [3.05, 3.63) is 72.9 Å². The van der Waals surface area contributed by atoms with E-state index in [-0.39, 0.29) is 31.1 Å². The van der Waals surface area contributed by atoms with Crippen LogP contribution in [0, 0.1) is 0 Å². The smallest absolute Gasteiger partial charge is 0.306 e. The Morgan fingerprint density at radius 3 is 1.30 bits per heavy atom. The number of rotatable bonds is 41. The molecular weight excluding hydrogens is 709 g/mol. The molecule has 0 bridgehead atoms. The summed E-state index contributed by atoms with van der Waals surface area (Å²) < 4.78 is 16.7. The second-order valence-electron chi connectivity index (χ2n) is 15.3. The molecular formula is C51H86O6. The van der Waals surface area contributed by atoms with Crippen molar-refractivity contribution in [3.63, 3.8) is 0 Å². The Morgan fingerprint density at radius 1 is 0.386 bits per heavy atom. The van der Waals surface area contributed by atoms with Crippen LogP contribution in [0.25, 0.3) is 0 Å². The van der Waals surface area contributed by atoms with E-state index in [0.29, 0.717) is 19.3 Å². The van der Waals surface area contributed by atoms with E-state index in [9.17, 15) is 14.4 Å². The molecule has 0 aromatic rings. The van der Waals surface area contributed by atoms with E-state index in [2.05, 4.69) is 93.7 Å². The first-order valence-electron chi connectivity index (χ1n) is 23.5. The summed E-state index contributed by atoms with van der Waals surface area (Å²) in [7, 11) is 0. The topological polar surface area (TPSA) is 78.9 Å². The summed E-state index contributed by atoms with van der Waals surface area (Å²) in [5, 5.41) is 0. The van der Waals surface area contributed by atoms with Crippen LogP contribution in [-0.4, -0.2) is 37.2 Å². The van der Waals surface area contributed by atoms with E-state index in [1.54, 1.807) is 0 Å². The largest absolute Gasteiger partial charge is 0.462 e. The van der Waals surface area contributed by atoms with Crippen molar-refractivity contribution in [3.8, 4) is 0 Å². The maximum absolute atomic E-state index is 12.7. The second kappa shape index (κ2) is 45.6. The van der Waals surface area contributed by atoms with Crippen LogP contribution in [-0.2, 0) is 28.6 Å². The SMILES string of the molecule is CC\C=C/C=C\C=C/CCCCCCCC(=O)OC(COC(=O)CCCC/C=C\C/C=C\C/C=C\CC)COC(=O)CCCCCCCCCCCCCCCC. The third-order valence-corrected chi connectivity index (χ3v) is 9.77. The van der Waals surface area contributed by atoms with Crippen molar-refractivity contribution in [2.75, 3.05) is 13.2 Å². The number of esters is 3. The van der Waals surface area contributed by atoms with Crippen LogP contribution in [0.3, 0.4) is 0 Å². The first-order chi connectivity index (χ1) is 28.0. The molecule has 0 aromatic carbocycles. The number of carbonyl (C=O) groups excluding carboxylic acids is 3. The predicted octanol–water partition coefficient (Wildman–Crippen LogP) is 15.1. The molecule has 0 spiro atoms. The van der Waals surface area contributed by atoms with Gasteiger partial charge in [0.2, 0.25) is 0 Å². The molecule has 6 heteroatoms. The normalized spacial score (nSPS) is 12.7. The van der Waals surface area contributed by atoms with Crippen molar-refractivity contribution >= 4 is 17.9 Å². The van der Waals surface area contributed by atoms with Crippen molar-refractivity contribution in [2.24, 2.45) is 0 Å². The maximum atomic E-state index is 12.7. The zero-order valence-electron chi connectivity index (χ0n) is 37.1. The summed E-state index contributed by atoms with van der Waals surface area (Å²) in [5.74, 6) is -0.960. The quantitative estimate of drug-likeness (QED) is 0.0202. The highest BCUT2D eigenvalue weighted by molar-refractivity contribution is 5.71. The van der Waals surface area contributed by atoms with Gasteiger partial charge in [-0.25, -0.2) is 0 Å². The molecule has 0 aliphatic rings. The van der Waals surface area contributed by atoms with E-state index in [4.69, 9.17) is 14.2 Å². The Morgan fingerprint density at radius 2 is 0.772 bits per heavy atom. The molecule has 6 nitrogen and oxygen atoms in total. The average molecular weight is 795 g/mol. The Kier molecular flexibility index (Phi) is 43.0. The molecule has 0 heterocycles. The van der Waals surface area contributed by atoms with Gasteiger partial charge in [0.15, 0.2) is 6.10 Å².